The van der Waals surface area contributed by atoms with Gasteiger partial charge < -0.3 is 5.73 Å². The first kappa shape index (κ1) is 14.1. The molecule has 0 atom stereocenters. The van der Waals surface area contributed by atoms with Gasteiger partial charge in [0, 0.05) is 5.56 Å². The van der Waals surface area contributed by atoms with E-state index in [0.717, 1.165) is 35.2 Å². The monoisotopic (exact) mass is 281 g/mol. The first-order valence-electron chi connectivity index (χ1n) is 7.81. The van der Waals surface area contributed by atoms with E-state index in [1.165, 1.54) is 24.0 Å². The van der Waals surface area contributed by atoms with Crippen LogP contribution in [0.25, 0.3) is 11.1 Å². The zero-order valence-electron chi connectivity index (χ0n) is 13.1. The molecule has 0 radical (unpaired) electrons. The highest BCUT2D eigenvalue weighted by Gasteiger charge is 2.26. The summed E-state index contributed by atoms with van der Waals surface area (Å²) >= 11 is 0. The molecule has 1 heterocycles. The molecule has 1 saturated carbocycles. The van der Waals surface area contributed by atoms with Crippen molar-refractivity contribution in [3.05, 3.63) is 41.2 Å². The van der Waals surface area contributed by atoms with Gasteiger partial charge in [-0.05, 0) is 49.1 Å². The van der Waals surface area contributed by atoms with Crippen LogP contribution in [-0.2, 0) is 6.42 Å². The van der Waals surface area contributed by atoms with Gasteiger partial charge in [0.25, 0.3) is 0 Å². The minimum absolute atomic E-state index is 0.369. The first-order valence-corrected chi connectivity index (χ1v) is 7.81. The third-order valence-corrected chi connectivity index (χ3v) is 4.56. The predicted molar refractivity (Wildman–Crippen MR) is 87.1 cm³/mol. The first-order chi connectivity index (χ1) is 10.1. The summed E-state index contributed by atoms with van der Waals surface area (Å²) in [5, 5.41) is 0. The molecule has 0 spiro atoms. The second-order valence-electron chi connectivity index (χ2n) is 6.24. The number of nitrogens with two attached hydrogens (primary N) is 1. The number of benzene rings is 1. The topological polar surface area (TPSA) is 51.8 Å². The van der Waals surface area contributed by atoms with Gasteiger partial charge in [-0.3, -0.25) is 0 Å². The van der Waals surface area contributed by atoms with Crippen LogP contribution in [0.3, 0.4) is 0 Å². The van der Waals surface area contributed by atoms with Crippen LogP contribution < -0.4 is 5.73 Å². The quantitative estimate of drug-likeness (QED) is 0.921. The summed E-state index contributed by atoms with van der Waals surface area (Å²) < 4.78 is 0. The van der Waals surface area contributed by atoms with Crippen molar-refractivity contribution in [2.24, 2.45) is 5.92 Å². The maximum absolute atomic E-state index is 5.76. The molecule has 0 bridgehead atoms. The molecule has 0 saturated heterocycles. The lowest BCUT2D eigenvalue weighted by Gasteiger charge is -2.33. The summed E-state index contributed by atoms with van der Waals surface area (Å²) in [7, 11) is 0. The zero-order valence-corrected chi connectivity index (χ0v) is 13.1. The van der Waals surface area contributed by atoms with E-state index in [4.69, 9.17) is 5.73 Å². The van der Waals surface area contributed by atoms with E-state index in [9.17, 15) is 0 Å². The molecule has 1 aliphatic carbocycles. The van der Waals surface area contributed by atoms with Gasteiger partial charge in [0.2, 0.25) is 5.95 Å². The van der Waals surface area contributed by atoms with Crippen molar-refractivity contribution >= 4 is 5.95 Å². The minimum atomic E-state index is 0.369. The molecular formula is C18H23N3. The van der Waals surface area contributed by atoms with Gasteiger partial charge in [-0.25, -0.2) is 9.97 Å². The molecule has 2 N–H and O–H groups in total. The Morgan fingerprint density at radius 1 is 1.14 bits per heavy atom. The fourth-order valence-corrected chi connectivity index (χ4v) is 3.38. The normalized spacial score (nSPS) is 21.1. The van der Waals surface area contributed by atoms with Gasteiger partial charge >= 0.3 is 0 Å². The molecule has 3 nitrogen and oxygen atoms in total. The molecule has 0 amide bonds. The van der Waals surface area contributed by atoms with E-state index < -0.39 is 0 Å². The number of rotatable bonds is 3. The van der Waals surface area contributed by atoms with Crippen LogP contribution in [0.4, 0.5) is 5.95 Å². The Bertz CT molecular complexity index is 640. The van der Waals surface area contributed by atoms with Crippen LogP contribution in [-0.4, -0.2) is 9.97 Å². The number of hydrogen-bond acceptors (Lipinski definition) is 3. The third kappa shape index (κ3) is 2.65. The van der Waals surface area contributed by atoms with Crippen molar-refractivity contribution in [3.8, 4) is 11.1 Å². The smallest absolute Gasteiger partial charge is 0.220 e. The molecule has 1 aliphatic rings. The predicted octanol–water partition coefficient (Wildman–Crippen LogP) is 4.11. The number of anilines is 1. The van der Waals surface area contributed by atoms with Crippen LogP contribution in [0.5, 0.6) is 0 Å². The molecule has 1 aromatic heterocycles. The highest BCUT2D eigenvalue weighted by molar-refractivity contribution is 5.69. The van der Waals surface area contributed by atoms with Crippen molar-refractivity contribution in [3.63, 3.8) is 0 Å². The Hall–Kier alpha value is -1.90. The standard InChI is InChI=1S/C18H23N3/c1-4-16-17(12(3)20-18(19)21-16)14-7-5-13(6-8-14)15-9-11(2)10-15/h5-8,11,15H,4,9-10H2,1-3H3,(H2,19,20,21). The number of nitrogen functional groups attached to an aromatic ring is 1. The average Bonchev–Trinajstić information content (AvgIpc) is 2.43. The zero-order chi connectivity index (χ0) is 15.0. The second-order valence-corrected chi connectivity index (χ2v) is 6.24. The van der Waals surface area contributed by atoms with Crippen LogP contribution in [0.1, 0.15) is 49.6 Å². The van der Waals surface area contributed by atoms with Crippen molar-refractivity contribution in [1.29, 1.82) is 0 Å². The largest absolute Gasteiger partial charge is 0.368 e. The van der Waals surface area contributed by atoms with E-state index in [1.807, 2.05) is 6.92 Å². The van der Waals surface area contributed by atoms with Crippen LogP contribution >= 0.6 is 0 Å². The Kier molecular flexibility index (Phi) is 3.66. The summed E-state index contributed by atoms with van der Waals surface area (Å²) in [5.74, 6) is 2.01. The fourth-order valence-electron chi connectivity index (χ4n) is 3.38. The highest BCUT2D eigenvalue weighted by atomic mass is 15.0. The minimum Gasteiger partial charge on any atom is -0.368 e. The molecule has 1 fully saturated rings. The number of aromatic nitrogens is 2. The summed E-state index contributed by atoms with van der Waals surface area (Å²) in [6.07, 6.45) is 3.51. The summed E-state index contributed by atoms with van der Waals surface area (Å²) in [4.78, 5) is 8.71. The lowest BCUT2D eigenvalue weighted by atomic mass is 9.72. The molecule has 3 heteroatoms. The van der Waals surface area contributed by atoms with Gasteiger partial charge in [0.05, 0.1) is 11.4 Å². The molecule has 3 rings (SSSR count). The molecule has 1 aromatic carbocycles. The number of aryl methyl sites for hydroxylation is 2. The summed E-state index contributed by atoms with van der Waals surface area (Å²) in [5.41, 5.74) is 11.6. The Balaban J connectivity index is 1.94. The van der Waals surface area contributed by atoms with Crippen LogP contribution in [0.2, 0.25) is 0 Å². The molecule has 21 heavy (non-hydrogen) atoms. The average molecular weight is 281 g/mol. The Labute approximate surface area is 126 Å². The van der Waals surface area contributed by atoms with Crippen LogP contribution in [0.15, 0.2) is 24.3 Å². The van der Waals surface area contributed by atoms with Gasteiger partial charge in [0.15, 0.2) is 0 Å². The second kappa shape index (κ2) is 5.47. The Morgan fingerprint density at radius 2 is 1.81 bits per heavy atom. The van der Waals surface area contributed by atoms with E-state index >= 15 is 0 Å². The molecule has 110 valence electrons. The third-order valence-electron chi connectivity index (χ3n) is 4.56. The lowest BCUT2D eigenvalue weighted by molar-refractivity contribution is 0.288. The molecule has 0 aliphatic heterocycles. The fraction of sp³-hybridized carbons (Fsp3) is 0.444. The number of hydrogen-bond donors (Lipinski definition) is 1. The van der Waals surface area contributed by atoms with Crippen molar-refractivity contribution in [2.45, 2.75) is 46.0 Å². The van der Waals surface area contributed by atoms with Crippen molar-refractivity contribution < 1.29 is 0 Å². The van der Waals surface area contributed by atoms with Crippen molar-refractivity contribution in [2.75, 3.05) is 5.73 Å². The maximum Gasteiger partial charge on any atom is 0.220 e. The van der Waals surface area contributed by atoms with E-state index in [1.54, 1.807) is 0 Å². The molecule has 0 unspecified atom stereocenters. The van der Waals surface area contributed by atoms with Gasteiger partial charge in [-0.1, -0.05) is 38.1 Å². The summed E-state index contributed by atoms with van der Waals surface area (Å²) in [6, 6.07) is 8.95. The lowest BCUT2D eigenvalue weighted by Crippen LogP contribution is -2.18. The Morgan fingerprint density at radius 3 is 2.38 bits per heavy atom. The van der Waals surface area contributed by atoms with Gasteiger partial charge in [0.1, 0.15) is 0 Å². The van der Waals surface area contributed by atoms with Gasteiger partial charge in [-0.15, -0.1) is 0 Å². The maximum atomic E-state index is 5.76. The molecular weight excluding hydrogens is 258 g/mol. The van der Waals surface area contributed by atoms with E-state index in [0.29, 0.717) is 5.95 Å². The van der Waals surface area contributed by atoms with Crippen LogP contribution in [0, 0.1) is 12.8 Å². The van der Waals surface area contributed by atoms with Gasteiger partial charge in [-0.2, -0.15) is 0 Å². The highest BCUT2D eigenvalue weighted by Crippen LogP contribution is 2.41. The summed E-state index contributed by atoms with van der Waals surface area (Å²) in [6.45, 7) is 6.44. The number of nitrogens with zero attached hydrogens (tertiary/aromatic N) is 2. The van der Waals surface area contributed by atoms with E-state index in [-0.39, 0.29) is 0 Å². The van der Waals surface area contributed by atoms with Crippen molar-refractivity contribution in [1.82, 2.24) is 9.97 Å². The molecule has 2 aromatic rings. The van der Waals surface area contributed by atoms with E-state index in [2.05, 4.69) is 48.1 Å². The SMILES string of the molecule is CCc1nc(N)nc(C)c1-c1ccc(C2CC(C)C2)cc1.